The lowest BCUT2D eigenvalue weighted by molar-refractivity contribution is -0.124. The van der Waals surface area contributed by atoms with Crippen molar-refractivity contribution in [2.45, 2.75) is 34.6 Å². The molecule has 8 nitrogen and oxygen atoms in total. The van der Waals surface area contributed by atoms with Crippen molar-refractivity contribution in [3.05, 3.63) is 40.8 Å². The first-order chi connectivity index (χ1) is 15.1. The van der Waals surface area contributed by atoms with Crippen LogP contribution in [0, 0.1) is 12.3 Å². The number of ether oxygens (including phenoxy) is 3. The fraction of sp³-hybridized carbons (Fsp3) is 0.435. The van der Waals surface area contributed by atoms with Gasteiger partial charge in [0.2, 0.25) is 5.91 Å². The molecule has 0 saturated carbocycles. The van der Waals surface area contributed by atoms with Crippen LogP contribution in [0.3, 0.4) is 0 Å². The topological polar surface area (TPSA) is 103 Å². The molecule has 0 radical (unpaired) electrons. The van der Waals surface area contributed by atoms with Crippen LogP contribution < -0.4 is 20.1 Å². The number of rotatable bonds is 10. The summed E-state index contributed by atoms with van der Waals surface area (Å²) in [6.45, 7) is 9.81. The lowest BCUT2D eigenvalue weighted by atomic mass is 9.96. The van der Waals surface area contributed by atoms with Crippen LogP contribution in [0.4, 0.5) is 5.00 Å². The Bertz CT molecular complexity index is 931. The summed E-state index contributed by atoms with van der Waals surface area (Å²) >= 11 is 1.12. The molecule has 1 aromatic carbocycles. The van der Waals surface area contributed by atoms with Gasteiger partial charge in [-0.2, -0.15) is 0 Å². The molecule has 2 amide bonds. The quantitative estimate of drug-likeness (QED) is 0.411. The first kappa shape index (κ1) is 25.2. The summed E-state index contributed by atoms with van der Waals surface area (Å²) in [6.07, 6.45) is 0. The van der Waals surface area contributed by atoms with Crippen molar-refractivity contribution in [2.75, 3.05) is 31.7 Å². The summed E-state index contributed by atoms with van der Waals surface area (Å²) in [6, 6.07) is 8.91. The maximum Gasteiger partial charge on any atom is 0.349 e. The first-order valence-corrected chi connectivity index (χ1v) is 11.1. The Morgan fingerprint density at radius 3 is 2.25 bits per heavy atom. The summed E-state index contributed by atoms with van der Waals surface area (Å²) in [5.41, 5.74) is 0.126. The SMILES string of the molecule is CCOc1ccc(OCCNC(=O)COC(=O)c2sc(NC(=O)C(C)(C)C)cc2C)cc1. The van der Waals surface area contributed by atoms with Crippen molar-refractivity contribution >= 4 is 34.1 Å². The zero-order valence-electron chi connectivity index (χ0n) is 19.1. The molecule has 0 aliphatic rings. The van der Waals surface area contributed by atoms with Crippen LogP contribution in [-0.2, 0) is 14.3 Å². The van der Waals surface area contributed by atoms with Crippen molar-refractivity contribution in [3.63, 3.8) is 0 Å². The molecule has 0 fully saturated rings. The maximum absolute atomic E-state index is 12.3. The maximum atomic E-state index is 12.3. The molecule has 0 saturated heterocycles. The molecule has 0 aliphatic carbocycles. The van der Waals surface area contributed by atoms with E-state index in [1.807, 2.05) is 19.1 Å². The van der Waals surface area contributed by atoms with Crippen LogP contribution in [-0.4, -0.2) is 44.1 Å². The average molecular weight is 463 g/mol. The average Bonchev–Trinajstić information content (AvgIpc) is 3.10. The van der Waals surface area contributed by atoms with Gasteiger partial charge in [0.15, 0.2) is 6.61 Å². The highest BCUT2D eigenvalue weighted by Crippen LogP contribution is 2.29. The Balaban J connectivity index is 1.72. The van der Waals surface area contributed by atoms with Gasteiger partial charge in [0, 0.05) is 5.41 Å². The highest BCUT2D eigenvalue weighted by molar-refractivity contribution is 7.18. The fourth-order valence-corrected chi connectivity index (χ4v) is 3.41. The van der Waals surface area contributed by atoms with Crippen molar-refractivity contribution in [3.8, 4) is 11.5 Å². The molecule has 0 bridgehead atoms. The van der Waals surface area contributed by atoms with E-state index >= 15 is 0 Å². The van der Waals surface area contributed by atoms with Gasteiger partial charge in [0.05, 0.1) is 18.2 Å². The van der Waals surface area contributed by atoms with Crippen molar-refractivity contribution < 1.29 is 28.6 Å². The van der Waals surface area contributed by atoms with E-state index in [-0.39, 0.29) is 19.1 Å². The minimum absolute atomic E-state index is 0.148. The van der Waals surface area contributed by atoms with Gasteiger partial charge in [0.25, 0.3) is 5.91 Å². The Morgan fingerprint density at radius 2 is 1.66 bits per heavy atom. The fourth-order valence-electron chi connectivity index (χ4n) is 2.45. The number of esters is 1. The van der Waals surface area contributed by atoms with Gasteiger partial charge < -0.3 is 24.8 Å². The summed E-state index contributed by atoms with van der Waals surface area (Å²) < 4.78 is 16.0. The van der Waals surface area contributed by atoms with Crippen LogP contribution >= 0.6 is 11.3 Å². The lowest BCUT2D eigenvalue weighted by Gasteiger charge is -2.16. The molecular weight excluding hydrogens is 432 g/mol. The molecule has 174 valence electrons. The van der Waals surface area contributed by atoms with E-state index in [2.05, 4.69) is 10.6 Å². The molecular formula is C23H30N2O6S. The van der Waals surface area contributed by atoms with E-state index in [9.17, 15) is 14.4 Å². The second-order valence-electron chi connectivity index (χ2n) is 8.01. The summed E-state index contributed by atoms with van der Waals surface area (Å²) in [5.74, 6) is 0.246. The molecule has 2 rings (SSSR count). The summed E-state index contributed by atoms with van der Waals surface area (Å²) in [4.78, 5) is 36.7. The first-order valence-electron chi connectivity index (χ1n) is 10.3. The second kappa shape index (κ2) is 11.5. The van der Waals surface area contributed by atoms with E-state index < -0.39 is 23.9 Å². The van der Waals surface area contributed by atoms with Crippen LogP contribution in [0.5, 0.6) is 11.5 Å². The number of aryl methyl sites for hydroxylation is 1. The van der Waals surface area contributed by atoms with E-state index in [0.717, 1.165) is 17.1 Å². The molecule has 0 aliphatic heterocycles. The highest BCUT2D eigenvalue weighted by Gasteiger charge is 2.23. The summed E-state index contributed by atoms with van der Waals surface area (Å²) in [5, 5.41) is 5.99. The van der Waals surface area contributed by atoms with E-state index in [1.165, 1.54) is 0 Å². The van der Waals surface area contributed by atoms with E-state index in [4.69, 9.17) is 14.2 Å². The summed E-state index contributed by atoms with van der Waals surface area (Å²) in [7, 11) is 0. The number of thiophene rings is 1. The van der Waals surface area contributed by atoms with Gasteiger partial charge in [0.1, 0.15) is 23.0 Å². The molecule has 1 heterocycles. The Kier molecular flexibility index (Phi) is 9.07. The largest absolute Gasteiger partial charge is 0.494 e. The van der Waals surface area contributed by atoms with Gasteiger partial charge in [-0.25, -0.2) is 4.79 Å². The normalized spacial score (nSPS) is 10.9. The smallest absolute Gasteiger partial charge is 0.349 e. The molecule has 9 heteroatoms. The zero-order valence-corrected chi connectivity index (χ0v) is 19.9. The van der Waals surface area contributed by atoms with Gasteiger partial charge in [-0.1, -0.05) is 20.8 Å². The van der Waals surface area contributed by atoms with Crippen LogP contribution in [0.2, 0.25) is 0 Å². The third kappa shape index (κ3) is 7.88. The minimum Gasteiger partial charge on any atom is -0.494 e. The van der Waals surface area contributed by atoms with Crippen LogP contribution in [0.25, 0.3) is 0 Å². The number of carbonyl (C=O) groups excluding carboxylic acids is 3. The zero-order chi connectivity index (χ0) is 23.7. The number of benzene rings is 1. The third-order valence-corrected chi connectivity index (χ3v) is 5.32. The van der Waals surface area contributed by atoms with Crippen molar-refractivity contribution in [1.82, 2.24) is 5.32 Å². The number of anilines is 1. The van der Waals surface area contributed by atoms with Crippen molar-refractivity contribution in [1.29, 1.82) is 0 Å². The number of amides is 2. The Morgan fingerprint density at radius 1 is 1.03 bits per heavy atom. The third-order valence-electron chi connectivity index (χ3n) is 4.18. The van der Waals surface area contributed by atoms with Gasteiger partial charge in [-0.15, -0.1) is 11.3 Å². The van der Waals surface area contributed by atoms with Gasteiger partial charge >= 0.3 is 5.97 Å². The number of carbonyl (C=O) groups is 3. The van der Waals surface area contributed by atoms with Crippen LogP contribution in [0.1, 0.15) is 42.9 Å². The monoisotopic (exact) mass is 462 g/mol. The molecule has 0 atom stereocenters. The van der Waals surface area contributed by atoms with Gasteiger partial charge in [-0.3, -0.25) is 9.59 Å². The van der Waals surface area contributed by atoms with Crippen molar-refractivity contribution in [2.24, 2.45) is 5.41 Å². The molecule has 32 heavy (non-hydrogen) atoms. The predicted molar refractivity (Wildman–Crippen MR) is 124 cm³/mol. The number of hydrogen-bond donors (Lipinski definition) is 2. The predicted octanol–water partition coefficient (Wildman–Crippen LogP) is 3.79. The molecule has 1 aromatic heterocycles. The molecule has 2 N–H and O–H groups in total. The number of nitrogens with one attached hydrogen (secondary N) is 2. The van der Waals surface area contributed by atoms with E-state index in [0.29, 0.717) is 27.8 Å². The molecule has 2 aromatic rings. The van der Waals surface area contributed by atoms with Gasteiger partial charge in [-0.05, 0) is 49.7 Å². The Labute approximate surface area is 192 Å². The second-order valence-corrected chi connectivity index (χ2v) is 9.06. The Hall–Kier alpha value is -3.07. The molecule has 0 spiro atoms. The minimum atomic E-state index is -0.607. The van der Waals surface area contributed by atoms with E-state index in [1.54, 1.807) is 45.9 Å². The molecule has 0 unspecified atom stereocenters. The lowest BCUT2D eigenvalue weighted by Crippen LogP contribution is -2.32. The van der Waals surface area contributed by atoms with Crippen LogP contribution in [0.15, 0.2) is 30.3 Å². The standard InChI is InChI=1S/C23H30N2O6S/c1-6-29-16-7-9-17(10-8-16)30-12-11-24-18(26)14-31-21(27)20-15(2)13-19(32-20)25-22(28)23(3,4)5/h7-10,13H,6,11-12,14H2,1-5H3,(H,24,26)(H,25,28). The number of hydrogen-bond acceptors (Lipinski definition) is 7. The highest BCUT2D eigenvalue weighted by atomic mass is 32.1.